The molecule has 1 aliphatic carbocycles. The number of nitrogens with zero attached hydrogens (tertiary/aromatic N) is 3. The van der Waals surface area contributed by atoms with Crippen LogP contribution in [-0.2, 0) is 4.79 Å². The third kappa shape index (κ3) is 6.01. The number of anilines is 1. The Balaban J connectivity index is 1.19. The van der Waals surface area contributed by atoms with Crippen molar-refractivity contribution in [3.8, 4) is 5.75 Å². The molecular weight excluding hydrogens is 591 g/mol. The van der Waals surface area contributed by atoms with E-state index in [1.807, 2.05) is 36.4 Å². The lowest BCUT2D eigenvalue weighted by Crippen LogP contribution is -2.35. The van der Waals surface area contributed by atoms with Crippen LogP contribution in [0.5, 0.6) is 5.75 Å². The lowest BCUT2D eigenvalue weighted by atomic mass is 9.85. The number of aromatic nitrogens is 2. The zero-order chi connectivity index (χ0) is 30.2. The van der Waals surface area contributed by atoms with Crippen LogP contribution in [0.4, 0.5) is 5.69 Å². The minimum Gasteiger partial charge on any atom is -0.484 e. The molecule has 7 rings (SSSR count). The number of imidazole rings is 1. The first-order valence-electron chi connectivity index (χ1n) is 15.2. The number of benzene rings is 4. The van der Waals surface area contributed by atoms with Gasteiger partial charge in [0.05, 0.1) is 11.0 Å². The summed E-state index contributed by atoms with van der Waals surface area (Å²) < 4.78 is 8.00. The molecule has 5 aromatic rings. The molecule has 44 heavy (non-hydrogen) atoms. The Morgan fingerprint density at radius 3 is 1.98 bits per heavy atom. The average Bonchev–Trinajstić information content (AvgIpc) is 3.82. The molecule has 1 saturated heterocycles. The molecule has 2 fully saturated rings. The number of halogens is 2. The van der Waals surface area contributed by atoms with Crippen molar-refractivity contribution in [2.45, 2.75) is 43.6 Å². The summed E-state index contributed by atoms with van der Waals surface area (Å²) in [5.74, 6) is 1.98. The molecule has 0 atom stereocenters. The monoisotopic (exact) mass is 624 g/mol. The number of nitrogens with two attached hydrogens (primary N) is 1. The van der Waals surface area contributed by atoms with Crippen molar-refractivity contribution in [3.63, 3.8) is 0 Å². The summed E-state index contributed by atoms with van der Waals surface area (Å²) in [6, 6.07) is 31.4. The second kappa shape index (κ2) is 12.2. The molecule has 1 amide bonds. The van der Waals surface area contributed by atoms with Gasteiger partial charge in [-0.1, -0.05) is 53.5 Å². The average molecular weight is 626 g/mol. The molecule has 8 heteroatoms. The van der Waals surface area contributed by atoms with Gasteiger partial charge in [-0.2, -0.15) is 0 Å². The number of hydrogen-bond acceptors (Lipinski definition) is 4. The second-order valence-electron chi connectivity index (χ2n) is 11.9. The van der Waals surface area contributed by atoms with Crippen molar-refractivity contribution >= 4 is 45.8 Å². The van der Waals surface area contributed by atoms with E-state index < -0.39 is 5.91 Å². The molecule has 4 aromatic carbocycles. The Labute approximate surface area is 267 Å². The van der Waals surface area contributed by atoms with Gasteiger partial charge in [-0.25, -0.2) is 4.98 Å². The predicted molar refractivity (Wildman–Crippen MR) is 177 cm³/mol. The second-order valence-corrected chi connectivity index (χ2v) is 12.7. The fraction of sp³-hybridized carbons (Fsp3) is 0.278. The van der Waals surface area contributed by atoms with Crippen LogP contribution >= 0.6 is 23.2 Å². The standard InChI is InChI=1S/C36H34Cl2N4O2/c37-27-8-3-23(4-9-27)35(24-5-10-28(38)11-6-24)26-7-16-32-33(21-26)42(36(40-32)25-1-2-25)30-17-19-41(20-18-30)29-12-14-31(15-13-29)44-22-34(39)43/h3-16,21,25,30,35H,1-2,17-20,22H2,(H2,39,43). The van der Waals surface area contributed by atoms with E-state index in [4.69, 9.17) is 38.7 Å². The van der Waals surface area contributed by atoms with Gasteiger partial charge in [0.25, 0.3) is 5.91 Å². The highest BCUT2D eigenvalue weighted by Gasteiger charge is 2.33. The van der Waals surface area contributed by atoms with Crippen molar-refractivity contribution in [1.82, 2.24) is 9.55 Å². The molecule has 0 bridgehead atoms. The van der Waals surface area contributed by atoms with E-state index >= 15 is 0 Å². The Morgan fingerprint density at radius 1 is 0.818 bits per heavy atom. The molecule has 0 spiro atoms. The van der Waals surface area contributed by atoms with E-state index in [-0.39, 0.29) is 12.5 Å². The first-order chi connectivity index (χ1) is 21.4. The summed E-state index contributed by atoms with van der Waals surface area (Å²) >= 11 is 12.6. The minimum atomic E-state index is -0.480. The number of rotatable bonds is 9. The van der Waals surface area contributed by atoms with Gasteiger partial charge in [0.1, 0.15) is 11.6 Å². The zero-order valence-corrected chi connectivity index (χ0v) is 25.8. The topological polar surface area (TPSA) is 73.4 Å². The van der Waals surface area contributed by atoms with Crippen molar-refractivity contribution in [2.75, 3.05) is 24.6 Å². The maximum atomic E-state index is 11.0. The largest absolute Gasteiger partial charge is 0.484 e. The number of piperidine rings is 1. The van der Waals surface area contributed by atoms with Crippen molar-refractivity contribution < 1.29 is 9.53 Å². The van der Waals surface area contributed by atoms with Crippen molar-refractivity contribution in [3.05, 3.63) is 124 Å². The van der Waals surface area contributed by atoms with E-state index in [1.54, 1.807) is 0 Å². The molecule has 0 radical (unpaired) electrons. The van der Waals surface area contributed by atoms with Crippen molar-refractivity contribution in [2.24, 2.45) is 5.73 Å². The van der Waals surface area contributed by atoms with Crippen LogP contribution in [0, 0.1) is 0 Å². The molecule has 2 N–H and O–H groups in total. The van der Waals surface area contributed by atoms with E-state index in [0.29, 0.717) is 17.7 Å². The highest BCUT2D eigenvalue weighted by atomic mass is 35.5. The van der Waals surface area contributed by atoms with E-state index in [1.165, 1.54) is 40.9 Å². The molecule has 2 heterocycles. The van der Waals surface area contributed by atoms with E-state index in [9.17, 15) is 4.79 Å². The van der Waals surface area contributed by atoms with Gasteiger partial charge in [-0.05, 0) is 103 Å². The minimum absolute atomic E-state index is 0.0402. The number of ether oxygens (including phenoxy) is 1. The summed E-state index contributed by atoms with van der Waals surface area (Å²) in [5, 5.41) is 1.45. The zero-order valence-electron chi connectivity index (χ0n) is 24.3. The molecule has 0 unspecified atom stereocenters. The van der Waals surface area contributed by atoms with Crippen LogP contribution in [-0.4, -0.2) is 35.2 Å². The third-order valence-electron chi connectivity index (χ3n) is 8.84. The first-order valence-corrected chi connectivity index (χ1v) is 16.0. The molecule has 1 saturated carbocycles. The third-order valence-corrected chi connectivity index (χ3v) is 9.34. The fourth-order valence-electron chi connectivity index (χ4n) is 6.50. The number of carbonyl (C=O) groups is 1. The van der Waals surface area contributed by atoms with Crippen LogP contribution in [0.15, 0.2) is 91.0 Å². The van der Waals surface area contributed by atoms with Gasteiger partial charge in [-0.3, -0.25) is 4.79 Å². The first kappa shape index (κ1) is 28.8. The summed E-state index contributed by atoms with van der Waals surface area (Å²) in [7, 11) is 0. The quantitative estimate of drug-likeness (QED) is 0.168. The summed E-state index contributed by atoms with van der Waals surface area (Å²) in [5.41, 5.74) is 12.2. The molecule has 2 aliphatic rings. The van der Waals surface area contributed by atoms with Crippen LogP contribution in [0.3, 0.4) is 0 Å². The fourth-order valence-corrected chi connectivity index (χ4v) is 6.75. The lowest BCUT2D eigenvalue weighted by Gasteiger charge is -2.35. The Hall–Kier alpha value is -4.00. The van der Waals surface area contributed by atoms with Crippen LogP contribution in [0.25, 0.3) is 11.0 Å². The Kier molecular flexibility index (Phi) is 7.96. The van der Waals surface area contributed by atoms with E-state index in [2.05, 4.69) is 64.1 Å². The highest BCUT2D eigenvalue weighted by molar-refractivity contribution is 6.30. The lowest BCUT2D eigenvalue weighted by molar-refractivity contribution is -0.119. The SMILES string of the molecule is NC(=O)COc1ccc(N2CCC(n3c(C4CC4)nc4ccc(C(c5ccc(Cl)cc5)c5ccc(Cl)cc5)cc43)CC2)cc1. The summed E-state index contributed by atoms with van der Waals surface area (Å²) in [4.78, 5) is 18.7. The van der Waals surface area contributed by atoms with Gasteiger partial charge >= 0.3 is 0 Å². The number of fused-ring (bicyclic) bond motifs is 1. The molecule has 224 valence electrons. The molecule has 6 nitrogen and oxygen atoms in total. The maximum Gasteiger partial charge on any atom is 0.255 e. The van der Waals surface area contributed by atoms with Gasteiger partial charge < -0.3 is 19.9 Å². The van der Waals surface area contributed by atoms with Gasteiger partial charge in [0.15, 0.2) is 6.61 Å². The summed E-state index contributed by atoms with van der Waals surface area (Å²) in [6.45, 7) is 1.79. The number of amides is 1. The van der Waals surface area contributed by atoms with E-state index in [0.717, 1.165) is 47.2 Å². The number of primary amides is 1. The normalized spacial score (nSPS) is 15.7. The van der Waals surface area contributed by atoms with Gasteiger partial charge in [0.2, 0.25) is 0 Å². The van der Waals surface area contributed by atoms with Crippen LogP contribution in [0.2, 0.25) is 10.0 Å². The molecule has 1 aromatic heterocycles. The van der Waals surface area contributed by atoms with Crippen LogP contribution in [0.1, 0.15) is 66.1 Å². The van der Waals surface area contributed by atoms with Gasteiger partial charge in [0, 0.05) is 46.7 Å². The predicted octanol–water partition coefficient (Wildman–Crippen LogP) is 8.11. The summed E-state index contributed by atoms with van der Waals surface area (Å²) in [6.07, 6.45) is 4.48. The van der Waals surface area contributed by atoms with Crippen molar-refractivity contribution in [1.29, 1.82) is 0 Å². The maximum absolute atomic E-state index is 11.0. The Morgan fingerprint density at radius 2 is 1.41 bits per heavy atom. The van der Waals surface area contributed by atoms with Gasteiger partial charge in [-0.15, -0.1) is 0 Å². The smallest absolute Gasteiger partial charge is 0.255 e. The molecular formula is C36H34Cl2N4O2. The number of hydrogen-bond donors (Lipinski definition) is 1. The Bertz CT molecular complexity index is 1730. The molecule has 1 aliphatic heterocycles. The highest BCUT2D eigenvalue weighted by Crippen LogP contribution is 2.44. The van der Waals surface area contributed by atoms with Crippen LogP contribution < -0.4 is 15.4 Å². The number of carbonyl (C=O) groups excluding carboxylic acids is 1.